The van der Waals surface area contributed by atoms with Crippen molar-refractivity contribution in [3.05, 3.63) is 23.8 Å². The normalized spacial score (nSPS) is 18.8. The minimum atomic E-state index is -1.26. The number of carboxylic acid groups (broad SMARTS) is 1. The number of piperidine rings is 1. The van der Waals surface area contributed by atoms with Crippen LogP contribution in [0.3, 0.4) is 0 Å². The second kappa shape index (κ2) is 10.6. The van der Waals surface area contributed by atoms with Crippen LogP contribution in [0.2, 0.25) is 0 Å². The fourth-order valence-corrected chi connectivity index (χ4v) is 4.35. The topological polar surface area (TPSA) is 123 Å². The first kappa shape index (κ1) is 25.1. The van der Waals surface area contributed by atoms with Gasteiger partial charge in [-0.25, -0.2) is 4.79 Å². The van der Waals surface area contributed by atoms with Crippen LogP contribution in [0.15, 0.2) is 18.2 Å². The highest BCUT2D eigenvalue weighted by Gasteiger charge is 2.37. The Morgan fingerprint density at radius 2 is 1.82 bits per heavy atom. The molecule has 1 aromatic carbocycles. The first-order valence-corrected chi connectivity index (χ1v) is 11.6. The molecule has 3 rings (SSSR count). The Labute approximate surface area is 199 Å². The van der Waals surface area contributed by atoms with Crippen LogP contribution < -0.4 is 9.64 Å². The summed E-state index contributed by atoms with van der Waals surface area (Å²) in [6.45, 7) is 7.75. The van der Waals surface area contributed by atoms with Crippen LogP contribution >= 0.6 is 0 Å². The quantitative estimate of drug-likeness (QED) is 0.626. The standard InChI is InChI=1S/C24H32N4O6/c1-4-33-21(29)18-6-5-9-28(16-18)19-8-7-17(15-25)20(14-19)34-24(2,3)22(30)26-10-12-27(13-11-26)23(31)32/h7-8,14,18H,4-6,9-13,16H2,1-3H3,(H,31,32). The van der Waals surface area contributed by atoms with E-state index in [9.17, 15) is 19.6 Å². The maximum atomic E-state index is 13.2. The zero-order chi connectivity index (χ0) is 24.9. The van der Waals surface area contributed by atoms with E-state index in [1.807, 2.05) is 6.07 Å². The van der Waals surface area contributed by atoms with Crippen LogP contribution in [-0.2, 0) is 14.3 Å². The Hall–Kier alpha value is -3.48. The third-order valence-corrected chi connectivity index (χ3v) is 6.21. The molecule has 2 amide bonds. The fourth-order valence-electron chi connectivity index (χ4n) is 4.35. The Morgan fingerprint density at radius 3 is 2.44 bits per heavy atom. The van der Waals surface area contributed by atoms with Gasteiger partial charge in [-0.15, -0.1) is 0 Å². The minimum Gasteiger partial charge on any atom is -0.477 e. The number of hydrogen-bond acceptors (Lipinski definition) is 7. The van der Waals surface area contributed by atoms with E-state index in [-0.39, 0.29) is 44.0 Å². The lowest BCUT2D eigenvalue weighted by atomic mass is 9.97. The predicted molar refractivity (Wildman–Crippen MR) is 124 cm³/mol. The van der Waals surface area contributed by atoms with Crippen molar-refractivity contribution < 1.29 is 29.0 Å². The zero-order valence-electron chi connectivity index (χ0n) is 20.0. The molecule has 10 nitrogen and oxygen atoms in total. The van der Waals surface area contributed by atoms with Crippen molar-refractivity contribution in [3.63, 3.8) is 0 Å². The molecule has 184 valence electrons. The molecule has 0 radical (unpaired) electrons. The lowest BCUT2D eigenvalue weighted by Gasteiger charge is -2.38. The SMILES string of the molecule is CCOC(=O)C1CCCN(c2ccc(C#N)c(OC(C)(C)C(=O)N3CCN(C(=O)O)CC3)c2)C1. The summed E-state index contributed by atoms with van der Waals surface area (Å²) in [5.41, 5.74) is -0.147. The van der Waals surface area contributed by atoms with Gasteiger partial charge in [0, 0.05) is 51.0 Å². The van der Waals surface area contributed by atoms with Crippen LogP contribution in [0.1, 0.15) is 39.2 Å². The van der Waals surface area contributed by atoms with E-state index in [2.05, 4.69) is 11.0 Å². The summed E-state index contributed by atoms with van der Waals surface area (Å²) in [4.78, 5) is 41.4. The maximum Gasteiger partial charge on any atom is 0.407 e. The number of ether oxygens (including phenoxy) is 2. The number of esters is 1. The lowest BCUT2D eigenvalue weighted by Crippen LogP contribution is -2.56. The monoisotopic (exact) mass is 472 g/mol. The number of amides is 2. The number of nitriles is 1. The molecule has 1 atom stereocenters. The van der Waals surface area contributed by atoms with E-state index in [0.29, 0.717) is 24.5 Å². The Morgan fingerprint density at radius 1 is 1.15 bits per heavy atom. The van der Waals surface area contributed by atoms with Crippen molar-refractivity contribution in [1.29, 1.82) is 5.26 Å². The van der Waals surface area contributed by atoms with Gasteiger partial charge < -0.3 is 29.3 Å². The van der Waals surface area contributed by atoms with E-state index in [1.165, 1.54) is 4.90 Å². The largest absolute Gasteiger partial charge is 0.477 e. The zero-order valence-corrected chi connectivity index (χ0v) is 20.0. The molecular formula is C24H32N4O6. The number of piperazine rings is 1. The van der Waals surface area contributed by atoms with E-state index in [1.54, 1.807) is 37.8 Å². The van der Waals surface area contributed by atoms with E-state index >= 15 is 0 Å². The molecule has 0 spiro atoms. The van der Waals surface area contributed by atoms with Crippen molar-refractivity contribution in [2.45, 2.75) is 39.2 Å². The molecular weight excluding hydrogens is 440 g/mol. The van der Waals surface area contributed by atoms with Gasteiger partial charge in [0.05, 0.1) is 18.1 Å². The Kier molecular flexibility index (Phi) is 7.87. The second-order valence-electron chi connectivity index (χ2n) is 9.00. The van der Waals surface area contributed by atoms with Crippen LogP contribution in [0.25, 0.3) is 0 Å². The highest BCUT2D eigenvalue weighted by atomic mass is 16.5. The lowest BCUT2D eigenvalue weighted by molar-refractivity contribution is -0.148. The van der Waals surface area contributed by atoms with Crippen LogP contribution in [-0.4, -0.2) is 84.4 Å². The summed E-state index contributed by atoms with van der Waals surface area (Å²) >= 11 is 0. The number of hydrogen-bond donors (Lipinski definition) is 1. The summed E-state index contributed by atoms with van der Waals surface area (Å²) in [5.74, 6) is -0.392. The van der Waals surface area contributed by atoms with Crippen molar-refractivity contribution in [2.75, 3.05) is 50.8 Å². The Balaban J connectivity index is 1.74. The number of carbonyl (C=O) groups excluding carboxylic acids is 2. The molecule has 1 N–H and O–H groups in total. The molecule has 0 saturated carbocycles. The summed E-state index contributed by atoms with van der Waals surface area (Å²) in [6.07, 6.45) is 0.610. The van der Waals surface area contributed by atoms with Crippen LogP contribution in [0.4, 0.5) is 10.5 Å². The first-order valence-electron chi connectivity index (χ1n) is 11.6. The highest BCUT2D eigenvalue weighted by Crippen LogP contribution is 2.32. The van der Waals surface area contributed by atoms with Gasteiger partial charge >= 0.3 is 12.1 Å². The van der Waals surface area contributed by atoms with E-state index in [4.69, 9.17) is 14.6 Å². The molecule has 2 fully saturated rings. The molecule has 0 bridgehead atoms. The number of benzene rings is 1. The third-order valence-electron chi connectivity index (χ3n) is 6.21. The molecule has 1 aromatic rings. The molecule has 2 heterocycles. The van der Waals surface area contributed by atoms with Crippen molar-refractivity contribution >= 4 is 23.7 Å². The van der Waals surface area contributed by atoms with Crippen LogP contribution in [0.5, 0.6) is 5.75 Å². The summed E-state index contributed by atoms with van der Waals surface area (Å²) < 4.78 is 11.3. The van der Waals surface area contributed by atoms with Gasteiger partial charge in [0.15, 0.2) is 5.60 Å². The van der Waals surface area contributed by atoms with E-state index < -0.39 is 11.7 Å². The van der Waals surface area contributed by atoms with Gasteiger partial charge in [0.25, 0.3) is 5.91 Å². The Bertz CT molecular complexity index is 965. The predicted octanol–water partition coefficient (Wildman–Crippen LogP) is 2.32. The van der Waals surface area contributed by atoms with Gasteiger partial charge in [0.1, 0.15) is 11.8 Å². The third kappa shape index (κ3) is 5.71. The first-order chi connectivity index (χ1) is 16.2. The number of anilines is 1. The second-order valence-corrected chi connectivity index (χ2v) is 9.00. The van der Waals surface area contributed by atoms with Gasteiger partial charge in [-0.05, 0) is 45.7 Å². The van der Waals surface area contributed by atoms with Gasteiger partial charge in [-0.2, -0.15) is 5.26 Å². The molecule has 2 aliphatic rings. The van der Waals surface area contributed by atoms with Crippen molar-refractivity contribution in [3.8, 4) is 11.8 Å². The van der Waals surface area contributed by atoms with Crippen LogP contribution in [0, 0.1) is 17.2 Å². The average molecular weight is 473 g/mol. The van der Waals surface area contributed by atoms with E-state index in [0.717, 1.165) is 25.1 Å². The molecule has 34 heavy (non-hydrogen) atoms. The number of rotatable bonds is 6. The highest BCUT2D eigenvalue weighted by molar-refractivity contribution is 5.85. The van der Waals surface area contributed by atoms with Gasteiger partial charge in [0.2, 0.25) is 0 Å². The molecule has 10 heteroatoms. The molecule has 1 unspecified atom stereocenters. The summed E-state index contributed by atoms with van der Waals surface area (Å²) in [7, 11) is 0. The van der Waals surface area contributed by atoms with Crippen molar-refractivity contribution in [1.82, 2.24) is 9.80 Å². The number of nitrogens with zero attached hydrogens (tertiary/aromatic N) is 4. The number of carbonyl (C=O) groups is 3. The molecule has 0 aliphatic carbocycles. The maximum absolute atomic E-state index is 13.2. The van der Waals surface area contributed by atoms with Crippen molar-refractivity contribution in [2.24, 2.45) is 5.92 Å². The van der Waals surface area contributed by atoms with Gasteiger partial charge in [-0.1, -0.05) is 0 Å². The molecule has 0 aromatic heterocycles. The molecule has 2 aliphatic heterocycles. The smallest absolute Gasteiger partial charge is 0.407 e. The minimum absolute atomic E-state index is 0.202. The van der Waals surface area contributed by atoms with Gasteiger partial charge in [-0.3, -0.25) is 9.59 Å². The summed E-state index contributed by atoms with van der Waals surface area (Å²) in [6, 6.07) is 7.33. The fraction of sp³-hybridized carbons (Fsp3) is 0.583. The molecule has 2 saturated heterocycles. The average Bonchev–Trinajstić information content (AvgIpc) is 2.83. The summed E-state index contributed by atoms with van der Waals surface area (Å²) in [5, 5.41) is 18.7.